The Morgan fingerprint density at radius 2 is 1.69 bits per heavy atom. The number of hydrogen-bond donors (Lipinski definition) is 3. The molecule has 0 spiro atoms. The van der Waals surface area contributed by atoms with Gasteiger partial charge in [-0.2, -0.15) is 13.2 Å². The highest BCUT2D eigenvalue weighted by molar-refractivity contribution is 6.40. The van der Waals surface area contributed by atoms with Crippen LogP contribution in [0.3, 0.4) is 0 Å². The van der Waals surface area contributed by atoms with Gasteiger partial charge in [0, 0.05) is 12.4 Å². The van der Waals surface area contributed by atoms with Crippen LogP contribution >= 0.6 is 23.2 Å². The Hall–Kier alpha value is -3.83. The van der Waals surface area contributed by atoms with Gasteiger partial charge in [0.25, 0.3) is 5.91 Å². The third-order valence-electron chi connectivity index (χ3n) is 4.90. The summed E-state index contributed by atoms with van der Waals surface area (Å²) in [6.45, 7) is 0. The molecule has 0 fully saturated rings. The number of fused-ring (bicyclic) bond motifs is 1. The quantitative estimate of drug-likeness (QED) is 0.338. The summed E-state index contributed by atoms with van der Waals surface area (Å²) < 4.78 is 42.6. The first-order valence-electron chi connectivity index (χ1n) is 9.89. The molecule has 0 aliphatic rings. The van der Waals surface area contributed by atoms with Crippen LogP contribution in [-0.2, 0) is 17.4 Å². The second-order valence-electron chi connectivity index (χ2n) is 7.23. The summed E-state index contributed by atoms with van der Waals surface area (Å²) in [6, 6.07) is 10.2. The number of rotatable bonds is 5. The Labute approximate surface area is 205 Å². The number of carbonyl (C=O) groups excluding carboxylic acids is 2. The maximum atomic E-state index is 13.8. The number of imidazole rings is 1. The summed E-state index contributed by atoms with van der Waals surface area (Å²) in [5.41, 5.74) is 3.83. The highest BCUT2D eigenvalue weighted by Gasteiger charge is 2.38. The van der Waals surface area contributed by atoms with Crippen molar-refractivity contribution in [2.24, 2.45) is 0 Å². The smallest absolute Gasteiger partial charge is 0.382 e. The van der Waals surface area contributed by atoms with Gasteiger partial charge in [-0.05, 0) is 36.4 Å². The van der Waals surface area contributed by atoms with E-state index in [0.717, 1.165) is 4.40 Å². The predicted molar refractivity (Wildman–Crippen MR) is 126 cm³/mol. The Morgan fingerprint density at radius 3 is 2.34 bits per heavy atom. The van der Waals surface area contributed by atoms with E-state index in [1.54, 1.807) is 6.07 Å². The Morgan fingerprint density at radius 1 is 1.00 bits per heavy atom. The van der Waals surface area contributed by atoms with Gasteiger partial charge < -0.3 is 20.8 Å². The average molecular weight is 523 g/mol. The maximum absolute atomic E-state index is 13.8. The molecule has 0 atom stereocenters. The lowest BCUT2D eigenvalue weighted by molar-refractivity contribution is -0.141. The molecule has 0 unspecified atom stereocenters. The molecule has 13 heteroatoms. The summed E-state index contributed by atoms with van der Waals surface area (Å²) in [5.74, 6) is -1.50. The molecule has 3 heterocycles. The van der Waals surface area contributed by atoms with Crippen LogP contribution in [-0.4, -0.2) is 26.2 Å². The van der Waals surface area contributed by atoms with Crippen molar-refractivity contribution in [1.82, 2.24) is 14.4 Å². The number of nitrogens with one attached hydrogen (secondary N) is 2. The molecule has 4 N–H and O–H groups in total. The van der Waals surface area contributed by atoms with Crippen LogP contribution in [0.2, 0.25) is 10.0 Å². The number of hydrogen-bond acceptors (Lipinski definition) is 5. The zero-order valence-electron chi connectivity index (χ0n) is 17.5. The summed E-state index contributed by atoms with van der Waals surface area (Å²) in [5, 5.41) is 5.06. The molecule has 35 heavy (non-hydrogen) atoms. The molecular weight excluding hydrogens is 508 g/mol. The van der Waals surface area contributed by atoms with E-state index >= 15 is 0 Å². The lowest BCUT2D eigenvalue weighted by atomic mass is 10.2. The largest absolute Gasteiger partial charge is 0.435 e. The van der Waals surface area contributed by atoms with Gasteiger partial charge in [-0.25, -0.2) is 9.97 Å². The number of amides is 2. The van der Waals surface area contributed by atoms with Crippen LogP contribution in [0.15, 0.2) is 54.9 Å². The van der Waals surface area contributed by atoms with Gasteiger partial charge in [0.05, 0.1) is 39.1 Å². The van der Waals surface area contributed by atoms with Crippen LogP contribution in [0.4, 0.5) is 30.4 Å². The second kappa shape index (κ2) is 9.43. The molecule has 0 bridgehead atoms. The van der Waals surface area contributed by atoms with E-state index in [-0.39, 0.29) is 38.4 Å². The first kappa shape index (κ1) is 24.3. The van der Waals surface area contributed by atoms with Crippen molar-refractivity contribution in [2.45, 2.75) is 12.6 Å². The number of halogens is 5. The van der Waals surface area contributed by atoms with Crippen molar-refractivity contribution in [3.8, 4) is 0 Å². The third kappa shape index (κ3) is 5.00. The molecule has 8 nitrogen and oxygen atoms in total. The van der Waals surface area contributed by atoms with E-state index in [4.69, 9.17) is 28.9 Å². The van der Waals surface area contributed by atoms with E-state index in [0.29, 0.717) is 0 Å². The molecule has 0 saturated heterocycles. The van der Waals surface area contributed by atoms with Gasteiger partial charge >= 0.3 is 6.18 Å². The lowest BCUT2D eigenvalue weighted by Crippen LogP contribution is -2.19. The molecule has 0 aliphatic carbocycles. The predicted octanol–water partition coefficient (Wildman–Crippen LogP) is 5.07. The minimum absolute atomic E-state index is 0.0123. The first-order valence-corrected chi connectivity index (χ1v) is 10.6. The van der Waals surface area contributed by atoms with Crippen molar-refractivity contribution in [2.75, 3.05) is 16.4 Å². The molecule has 4 aromatic rings. The molecule has 0 saturated carbocycles. The standard InChI is InChI=1S/C22H15Cl2F3N6O2/c23-11-4-1-5-12(24)17(11)21(35)31-14-7-3-9-33-15(18(22(25,26)27)32-20(14)33)10-16(34)30-13-6-2-8-29-19(13)28/h1-9H,10H2,(H2,28,29)(H,30,34)(H,31,35). The summed E-state index contributed by atoms with van der Waals surface area (Å²) in [4.78, 5) is 32.9. The van der Waals surface area contributed by atoms with Crippen molar-refractivity contribution in [1.29, 1.82) is 0 Å². The van der Waals surface area contributed by atoms with Gasteiger partial charge in [-0.1, -0.05) is 29.3 Å². The number of carbonyl (C=O) groups is 2. The van der Waals surface area contributed by atoms with Gasteiger partial charge in [0.2, 0.25) is 5.91 Å². The number of nitrogens with two attached hydrogens (primary N) is 1. The fourth-order valence-corrected chi connectivity index (χ4v) is 3.95. The van der Waals surface area contributed by atoms with E-state index in [1.165, 1.54) is 48.8 Å². The van der Waals surface area contributed by atoms with Crippen LogP contribution in [0.5, 0.6) is 0 Å². The van der Waals surface area contributed by atoms with Crippen LogP contribution in [0, 0.1) is 0 Å². The summed E-state index contributed by atoms with van der Waals surface area (Å²) >= 11 is 12.1. The average Bonchev–Trinajstić information content (AvgIpc) is 3.15. The molecule has 2 amide bonds. The number of nitrogen functional groups attached to an aromatic ring is 1. The fraction of sp³-hybridized carbons (Fsp3) is 0.0909. The molecule has 0 radical (unpaired) electrons. The van der Waals surface area contributed by atoms with Gasteiger partial charge in [-0.15, -0.1) is 0 Å². The lowest BCUT2D eigenvalue weighted by Gasteiger charge is -2.11. The number of nitrogens with zero attached hydrogens (tertiary/aromatic N) is 3. The summed E-state index contributed by atoms with van der Waals surface area (Å²) in [6.07, 6.45) is -2.85. The van der Waals surface area contributed by atoms with Crippen LogP contribution in [0.1, 0.15) is 21.7 Å². The van der Waals surface area contributed by atoms with Crippen LogP contribution < -0.4 is 16.4 Å². The zero-order chi connectivity index (χ0) is 25.3. The van der Waals surface area contributed by atoms with Crippen LogP contribution in [0.25, 0.3) is 5.65 Å². The molecule has 1 aromatic carbocycles. The zero-order valence-corrected chi connectivity index (χ0v) is 19.0. The molecular formula is C22H15Cl2F3N6O2. The normalized spacial score (nSPS) is 11.5. The van der Waals surface area contributed by atoms with Crippen molar-refractivity contribution < 1.29 is 22.8 Å². The minimum atomic E-state index is -4.87. The third-order valence-corrected chi connectivity index (χ3v) is 5.53. The number of benzene rings is 1. The van der Waals surface area contributed by atoms with E-state index in [1.807, 2.05) is 0 Å². The second-order valence-corrected chi connectivity index (χ2v) is 8.05. The Bertz CT molecular complexity index is 1430. The number of pyridine rings is 2. The highest BCUT2D eigenvalue weighted by Crippen LogP contribution is 2.34. The number of anilines is 3. The number of aromatic nitrogens is 3. The van der Waals surface area contributed by atoms with E-state index in [2.05, 4.69) is 20.6 Å². The number of alkyl halides is 3. The van der Waals surface area contributed by atoms with E-state index in [9.17, 15) is 22.8 Å². The highest BCUT2D eigenvalue weighted by atomic mass is 35.5. The van der Waals surface area contributed by atoms with Gasteiger partial charge in [0.1, 0.15) is 5.82 Å². The van der Waals surface area contributed by atoms with Gasteiger partial charge in [0.15, 0.2) is 11.3 Å². The molecule has 4 rings (SSSR count). The van der Waals surface area contributed by atoms with Crippen molar-refractivity contribution in [3.05, 3.63) is 81.9 Å². The Kier molecular flexibility index (Phi) is 6.55. The topological polar surface area (TPSA) is 114 Å². The summed E-state index contributed by atoms with van der Waals surface area (Å²) in [7, 11) is 0. The molecule has 0 aliphatic heterocycles. The van der Waals surface area contributed by atoms with E-state index < -0.39 is 35.8 Å². The fourth-order valence-electron chi connectivity index (χ4n) is 3.38. The monoisotopic (exact) mass is 522 g/mol. The first-order chi connectivity index (χ1) is 16.6. The van der Waals surface area contributed by atoms with Crippen molar-refractivity contribution in [3.63, 3.8) is 0 Å². The van der Waals surface area contributed by atoms with Crippen molar-refractivity contribution >= 4 is 57.9 Å². The molecule has 3 aromatic heterocycles. The molecule has 180 valence electrons. The SMILES string of the molecule is Nc1ncccc1NC(=O)Cc1c(C(F)(F)F)nc2c(NC(=O)c3c(Cl)cccc3Cl)cccn12. The Balaban J connectivity index is 1.72. The maximum Gasteiger partial charge on any atom is 0.435 e. The van der Waals surface area contributed by atoms with Gasteiger partial charge in [-0.3, -0.25) is 9.59 Å². The minimum Gasteiger partial charge on any atom is -0.382 e.